The summed E-state index contributed by atoms with van der Waals surface area (Å²) in [6.45, 7) is 0. The van der Waals surface area contributed by atoms with E-state index < -0.39 is 21.8 Å². The van der Waals surface area contributed by atoms with Gasteiger partial charge in [-0.3, -0.25) is 4.57 Å². The van der Waals surface area contributed by atoms with E-state index in [-0.39, 0.29) is 43.9 Å². The smallest absolute Gasteiger partial charge is 0.756 e. The van der Waals surface area contributed by atoms with E-state index in [9.17, 15) is 0 Å². The van der Waals surface area contributed by atoms with Gasteiger partial charge in [-0.15, -0.1) is 0 Å². The Hall–Kier alpha value is 0.710. The fourth-order valence-corrected chi connectivity index (χ4v) is 0. The molecule has 16 heavy (non-hydrogen) atoms. The van der Waals surface area contributed by atoms with E-state index >= 15 is 0 Å². The Kier molecular flexibility index (Phi) is 25.9. The fraction of sp³-hybridized carbons (Fsp3) is 0. The number of carbonyl (C=O) groups is 1. The second-order valence-electron chi connectivity index (χ2n) is 1.25. The van der Waals surface area contributed by atoms with Gasteiger partial charge in [0.05, 0.1) is 0 Å². The van der Waals surface area contributed by atoms with Crippen molar-refractivity contribution < 1.29 is 53.5 Å². The summed E-state index contributed by atoms with van der Waals surface area (Å²) in [6, 6.07) is 0. The number of hydrogen-bond donors (Lipinski definition) is 6. The molecule has 0 aromatic rings. The van der Waals surface area contributed by atoms with E-state index in [2.05, 4.69) is 0 Å². The third-order valence-corrected chi connectivity index (χ3v) is 0. The Labute approximate surface area is 119 Å². The van der Waals surface area contributed by atoms with Crippen molar-refractivity contribution >= 4 is 59.5 Å². The predicted molar refractivity (Wildman–Crippen MR) is 43.4 cm³/mol. The summed E-state index contributed by atoms with van der Waals surface area (Å²) < 4.78 is 17.7. The largest absolute Gasteiger partial charge is 2.00 e. The maximum Gasteiger partial charge on any atom is 2.00 e. The van der Waals surface area contributed by atoms with E-state index in [0.717, 1.165) is 0 Å². The van der Waals surface area contributed by atoms with Crippen molar-refractivity contribution in [2.75, 3.05) is 0 Å². The first-order valence-electron chi connectivity index (χ1n) is 2.16. The Morgan fingerprint density at radius 1 is 0.938 bits per heavy atom. The molecule has 9 N–H and O–H groups in total. The molecule has 96 valence electrons. The summed E-state index contributed by atoms with van der Waals surface area (Å²) in [5.74, 6) is 0. The first-order valence-corrected chi connectivity index (χ1v) is 5.26. The van der Waals surface area contributed by atoms with Crippen LogP contribution in [0.3, 0.4) is 0 Å². The van der Waals surface area contributed by atoms with E-state index in [4.69, 9.17) is 53.5 Å². The molecule has 0 unspecified atom stereocenters. The third kappa shape index (κ3) is 5490. The van der Waals surface area contributed by atoms with Crippen LogP contribution in [-0.2, 0) is 9.13 Å². The molecule has 0 aromatic carbocycles. The first-order chi connectivity index (χ1) is 5.73. The summed E-state index contributed by atoms with van der Waals surface area (Å²) in [7, 11) is -9.53. The zero-order valence-electron chi connectivity index (χ0n) is 7.79. The van der Waals surface area contributed by atoms with Crippen molar-refractivity contribution in [3.8, 4) is 0 Å². The summed E-state index contributed by atoms with van der Waals surface area (Å²) in [5.41, 5.74) is 0. The number of carbonyl (C=O) groups excluding carboxylic acids is 1. The normalized spacial score (nSPS) is 8.88. The second kappa shape index (κ2) is 13.8. The molecule has 0 spiro atoms. The fourth-order valence-electron chi connectivity index (χ4n) is 0. The molecule has 0 saturated carbocycles. The van der Waals surface area contributed by atoms with Crippen molar-refractivity contribution in [2.45, 2.75) is 0 Å². The van der Waals surface area contributed by atoms with Crippen LogP contribution in [0, 0.1) is 0 Å². The molecular weight excluding hydrogens is 304 g/mol. The van der Waals surface area contributed by atoms with Crippen LogP contribution in [0.15, 0.2) is 0 Å². The monoisotopic (exact) mass is 313 g/mol. The summed E-state index contributed by atoms with van der Waals surface area (Å²) in [4.78, 5) is 52.8. The van der Waals surface area contributed by atoms with Gasteiger partial charge in [-0.1, -0.05) is 0 Å². The maximum absolute atomic E-state index is 8.88. The average Bonchev–Trinajstić information content (AvgIpc) is 1.45. The molecule has 0 saturated heterocycles. The molecule has 0 fully saturated rings. The molecule has 0 aliphatic heterocycles. The molecule has 15 heteroatoms. The molecule has 0 aromatic heterocycles. The van der Waals surface area contributed by atoms with Crippen molar-refractivity contribution in [3.05, 3.63) is 0 Å². The van der Waals surface area contributed by atoms with Gasteiger partial charge in [0.2, 0.25) is 0 Å². The molecule has 0 aliphatic carbocycles. The molecule has 0 radical (unpaired) electrons. The van der Waals surface area contributed by atoms with E-state index in [1.807, 2.05) is 0 Å². The van der Waals surface area contributed by atoms with Crippen molar-refractivity contribution in [2.24, 2.45) is 0 Å². The minimum Gasteiger partial charge on any atom is -0.756 e. The number of rotatable bonds is 0. The minimum absolute atomic E-state index is 0. The second-order valence-corrected chi connectivity index (χ2v) is 3.26. The molecule has 0 heterocycles. The number of quaternary nitrogens is 1. The standard InChI is InChI=1S/CH2O3.Ca.H3N.2H3O4P/c2-1(3)4;;;2*1-5(2,3)4/h(H2,2,3,4);;1H3;2*(H3,1,2,3,4)/q;+2;;;/p-2. The summed E-state index contributed by atoms with van der Waals surface area (Å²) >= 11 is 0. The van der Waals surface area contributed by atoms with Gasteiger partial charge in [-0.25, -0.2) is 4.57 Å². The van der Waals surface area contributed by atoms with Gasteiger partial charge in [-0.05, 0) is 6.16 Å². The topological polar surface area (TPSA) is 258 Å². The predicted octanol–water partition coefficient (Wildman–Crippen LogP) is -4.94. The number of phosphoric acid groups is 2. The van der Waals surface area contributed by atoms with Gasteiger partial charge in [0.15, 0.2) is 0 Å². The van der Waals surface area contributed by atoms with Gasteiger partial charge in [0.1, 0.15) is 0 Å². The summed E-state index contributed by atoms with van der Waals surface area (Å²) in [6.07, 6.45) is -2.33. The van der Waals surface area contributed by atoms with Gasteiger partial charge in [0, 0.05) is 0 Å². The van der Waals surface area contributed by atoms with Crippen LogP contribution in [-0.4, -0.2) is 68.4 Å². The number of hydrogen-bond acceptors (Lipinski definition) is 6. The van der Waals surface area contributed by atoms with Crippen LogP contribution in [0.1, 0.15) is 0 Å². The Morgan fingerprint density at radius 3 is 0.938 bits per heavy atom. The molecule has 0 rings (SSSR count). The SMILES string of the molecule is O=C([O-])[O-].O=P(O)(O)O.O=P([O-])(O)O.[Ca+2].[NH4+]. The van der Waals surface area contributed by atoms with Gasteiger partial charge >= 0.3 is 45.6 Å². The maximum atomic E-state index is 8.88. The van der Waals surface area contributed by atoms with Gasteiger partial charge in [-0.2, -0.15) is 0 Å². The minimum atomic E-state index is -4.89. The molecule has 0 atom stereocenters. The molecule has 0 aliphatic rings. The van der Waals surface area contributed by atoms with Gasteiger partial charge in [0.25, 0.3) is 7.82 Å². The van der Waals surface area contributed by atoms with Crippen LogP contribution in [0.25, 0.3) is 0 Å². The molecular formula is CH9CaNO11P2. The zero-order chi connectivity index (χ0) is 12.6. The van der Waals surface area contributed by atoms with E-state index in [1.54, 1.807) is 0 Å². The van der Waals surface area contributed by atoms with Crippen LogP contribution >= 0.6 is 15.6 Å². The van der Waals surface area contributed by atoms with Crippen LogP contribution in [0.5, 0.6) is 0 Å². The molecule has 0 amide bonds. The van der Waals surface area contributed by atoms with Gasteiger partial charge < -0.3 is 50.5 Å². The zero-order valence-corrected chi connectivity index (χ0v) is 11.8. The van der Waals surface area contributed by atoms with Crippen LogP contribution in [0.4, 0.5) is 4.79 Å². The molecule has 12 nitrogen and oxygen atoms in total. The van der Waals surface area contributed by atoms with Crippen molar-refractivity contribution in [1.29, 1.82) is 0 Å². The van der Waals surface area contributed by atoms with Crippen LogP contribution in [0.2, 0.25) is 0 Å². The Balaban J connectivity index is -0.0000000358. The summed E-state index contributed by atoms with van der Waals surface area (Å²) in [5, 5.41) is 16.7. The quantitative estimate of drug-likeness (QED) is 0.182. The van der Waals surface area contributed by atoms with Crippen molar-refractivity contribution in [3.63, 3.8) is 0 Å². The van der Waals surface area contributed by atoms with E-state index in [1.165, 1.54) is 0 Å². The third-order valence-electron chi connectivity index (χ3n) is 0. The Bertz CT molecular complexity index is 200. The Morgan fingerprint density at radius 2 is 0.938 bits per heavy atom. The average molecular weight is 313 g/mol. The first kappa shape index (κ1) is 30.1. The van der Waals surface area contributed by atoms with Crippen molar-refractivity contribution in [1.82, 2.24) is 6.15 Å². The van der Waals surface area contributed by atoms with Crippen LogP contribution < -0.4 is 21.3 Å². The molecule has 0 bridgehead atoms. The van der Waals surface area contributed by atoms with E-state index in [0.29, 0.717) is 0 Å². The number of carboxylic acid groups (broad SMARTS) is 2.